The van der Waals surface area contributed by atoms with Crippen LogP contribution in [0.1, 0.15) is 13.8 Å². The first kappa shape index (κ1) is 19.3. The SMILES string of the molecule is CC(C)[C@@H](CN1CCOCC1)NP(=O)(c1ccccc1)c1ccccc1. The molecule has 0 radical (unpaired) electrons. The van der Waals surface area contributed by atoms with Gasteiger partial charge in [0.05, 0.1) is 13.2 Å². The minimum absolute atomic E-state index is 0.138. The van der Waals surface area contributed by atoms with Crippen LogP contribution in [0.15, 0.2) is 60.7 Å². The lowest BCUT2D eigenvalue weighted by atomic mass is 10.1. The average Bonchev–Trinajstić information content (AvgIpc) is 2.69. The Morgan fingerprint density at radius 3 is 1.92 bits per heavy atom. The van der Waals surface area contributed by atoms with Crippen molar-refractivity contribution in [3.8, 4) is 0 Å². The van der Waals surface area contributed by atoms with Gasteiger partial charge in [-0.3, -0.25) is 14.6 Å². The van der Waals surface area contributed by atoms with Gasteiger partial charge in [-0.15, -0.1) is 0 Å². The molecule has 1 heterocycles. The number of nitrogens with one attached hydrogen (secondary N) is 1. The largest absolute Gasteiger partial charge is 0.379 e. The summed E-state index contributed by atoms with van der Waals surface area (Å²) < 4.78 is 19.7. The highest BCUT2D eigenvalue weighted by molar-refractivity contribution is 7.76. The summed E-state index contributed by atoms with van der Waals surface area (Å²) in [6.07, 6.45) is 0. The third-order valence-corrected chi connectivity index (χ3v) is 7.70. The van der Waals surface area contributed by atoms with E-state index < -0.39 is 7.29 Å². The molecule has 0 aromatic heterocycles. The number of hydrogen-bond donors (Lipinski definition) is 1. The van der Waals surface area contributed by atoms with E-state index >= 15 is 0 Å². The van der Waals surface area contributed by atoms with Crippen LogP contribution in [0.3, 0.4) is 0 Å². The first-order chi connectivity index (χ1) is 12.6. The van der Waals surface area contributed by atoms with Crippen LogP contribution in [0.25, 0.3) is 0 Å². The molecule has 0 aliphatic carbocycles. The molecular formula is C21H29N2O2P. The zero-order valence-corrected chi connectivity index (χ0v) is 16.6. The maximum Gasteiger partial charge on any atom is 0.204 e. The van der Waals surface area contributed by atoms with Crippen molar-refractivity contribution < 1.29 is 9.30 Å². The van der Waals surface area contributed by atoms with E-state index in [1.54, 1.807) is 0 Å². The highest BCUT2D eigenvalue weighted by Gasteiger charge is 2.32. The van der Waals surface area contributed by atoms with Crippen LogP contribution in [-0.2, 0) is 9.30 Å². The second kappa shape index (κ2) is 8.96. The van der Waals surface area contributed by atoms with Gasteiger partial charge >= 0.3 is 0 Å². The molecule has 4 nitrogen and oxygen atoms in total. The minimum Gasteiger partial charge on any atom is -0.379 e. The number of hydrogen-bond acceptors (Lipinski definition) is 3. The van der Waals surface area contributed by atoms with Gasteiger partial charge in [0, 0.05) is 36.3 Å². The number of rotatable bonds is 7. The van der Waals surface area contributed by atoms with Crippen molar-refractivity contribution in [3.63, 3.8) is 0 Å². The Labute approximate surface area is 157 Å². The molecule has 0 spiro atoms. The molecule has 5 heteroatoms. The van der Waals surface area contributed by atoms with Crippen molar-refractivity contribution in [2.24, 2.45) is 5.92 Å². The molecule has 1 fully saturated rings. The molecule has 0 bridgehead atoms. The van der Waals surface area contributed by atoms with Crippen LogP contribution in [0, 0.1) is 5.92 Å². The highest BCUT2D eigenvalue weighted by atomic mass is 31.2. The summed E-state index contributed by atoms with van der Waals surface area (Å²) in [5.74, 6) is 0.374. The van der Waals surface area contributed by atoms with Gasteiger partial charge in [0.25, 0.3) is 0 Å². The second-order valence-electron chi connectivity index (χ2n) is 7.17. The predicted molar refractivity (Wildman–Crippen MR) is 109 cm³/mol. The average molecular weight is 372 g/mol. The Hall–Kier alpha value is -1.45. The minimum atomic E-state index is -2.91. The molecule has 0 unspecified atom stereocenters. The molecule has 1 atom stereocenters. The zero-order chi connectivity index (χ0) is 18.4. The maximum absolute atomic E-state index is 14.2. The summed E-state index contributed by atoms with van der Waals surface area (Å²) in [6.45, 7) is 8.69. The number of morpholine rings is 1. The lowest BCUT2D eigenvalue weighted by molar-refractivity contribution is 0.0324. The van der Waals surface area contributed by atoms with Gasteiger partial charge in [-0.2, -0.15) is 0 Å². The predicted octanol–water partition coefficient (Wildman–Crippen LogP) is 2.86. The van der Waals surface area contributed by atoms with Crippen LogP contribution in [0.4, 0.5) is 0 Å². The molecule has 1 aliphatic heterocycles. The summed E-state index contributed by atoms with van der Waals surface area (Å²) in [6, 6.07) is 19.8. The number of ether oxygens (including phenoxy) is 1. The molecule has 0 saturated carbocycles. The fraction of sp³-hybridized carbons (Fsp3) is 0.429. The van der Waals surface area contributed by atoms with E-state index in [-0.39, 0.29) is 6.04 Å². The fourth-order valence-corrected chi connectivity index (χ4v) is 5.90. The van der Waals surface area contributed by atoms with Crippen molar-refractivity contribution in [2.75, 3.05) is 32.8 Å². The Balaban J connectivity index is 1.89. The van der Waals surface area contributed by atoms with Crippen molar-refractivity contribution in [1.29, 1.82) is 0 Å². The molecule has 26 heavy (non-hydrogen) atoms. The van der Waals surface area contributed by atoms with Gasteiger partial charge in [0.2, 0.25) is 7.29 Å². The number of benzene rings is 2. The zero-order valence-electron chi connectivity index (χ0n) is 15.7. The quantitative estimate of drug-likeness (QED) is 0.759. The summed E-state index contributed by atoms with van der Waals surface area (Å²) in [5, 5.41) is 5.30. The van der Waals surface area contributed by atoms with Crippen molar-refractivity contribution in [1.82, 2.24) is 9.99 Å². The van der Waals surface area contributed by atoms with Gasteiger partial charge in [0.15, 0.2) is 0 Å². The van der Waals surface area contributed by atoms with E-state index in [2.05, 4.69) is 23.8 Å². The second-order valence-corrected chi connectivity index (χ2v) is 9.68. The topological polar surface area (TPSA) is 41.6 Å². The molecule has 1 saturated heterocycles. The third-order valence-electron chi connectivity index (χ3n) is 4.95. The van der Waals surface area contributed by atoms with Crippen LogP contribution >= 0.6 is 7.29 Å². The monoisotopic (exact) mass is 372 g/mol. The van der Waals surface area contributed by atoms with Gasteiger partial charge in [-0.05, 0) is 30.2 Å². The normalized spacial score (nSPS) is 17.3. The van der Waals surface area contributed by atoms with E-state index in [1.165, 1.54) is 0 Å². The van der Waals surface area contributed by atoms with Crippen LogP contribution in [0.5, 0.6) is 0 Å². The summed E-state index contributed by atoms with van der Waals surface area (Å²) in [7, 11) is -2.91. The molecule has 1 N–H and O–H groups in total. The van der Waals surface area contributed by atoms with Crippen molar-refractivity contribution in [3.05, 3.63) is 60.7 Å². The number of nitrogens with zero attached hydrogens (tertiary/aromatic N) is 1. The first-order valence-corrected chi connectivity index (χ1v) is 11.1. The van der Waals surface area contributed by atoms with Crippen molar-refractivity contribution in [2.45, 2.75) is 19.9 Å². The smallest absolute Gasteiger partial charge is 0.204 e. The van der Waals surface area contributed by atoms with Gasteiger partial charge in [-0.25, -0.2) is 0 Å². The van der Waals surface area contributed by atoms with E-state index in [0.717, 1.165) is 43.5 Å². The van der Waals surface area contributed by atoms with E-state index in [0.29, 0.717) is 5.92 Å². The van der Waals surface area contributed by atoms with Crippen molar-refractivity contribution >= 4 is 17.9 Å². The van der Waals surface area contributed by atoms with Crippen LogP contribution in [-0.4, -0.2) is 43.8 Å². The molecule has 0 amide bonds. The summed E-state index contributed by atoms with van der Waals surface area (Å²) in [4.78, 5) is 2.40. The Morgan fingerprint density at radius 1 is 0.962 bits per heavy atom. The van der Waals surface area contributed by atoms with E-state index in [1.807, 2.05) is 60.7 Å². The highest BCUT2D eigenvalue weighted by Crippen LogP contribution is 2.40. The Morgan fingerprint density at radius 2 is 1.46 bits per heavy atom. The molecule has 140 valence electrons. The van der Waals surface area contributed by atoms with Gasteiger partial charge < -0.3 is 4.74 Å². The van der Waals surface area contributed by atoms with Gasteiger partial charge in [-0.1, -0.05) is 50.2 Å². The molecular weight excluding hydrogens is 343 g/mol. The van der Waals surface area contributed by atoms with E-state index in [4.69, 9.17) is 4.74 Å². The molecule has 1 aliphatic rings. The van der Waals surface area contributed by atoms with Crippen LogP contribution in [0.2, 0.25) is 0 Å². The fourth-order valence-electron chi connectivity index (χ4n) is 3.27. The lowest BCUT2D eigenvalue weighted by Crippen LogP contribution is -2.48. The summed E-state index contributed by atoms with van der Waals surface area (Å²) >= 11 is 0. The molecule has 2 aromatic rings. The van der Waals surface area contributed by atoms with Crippen LogP contribution < -0.4 is 15.7 Å². The Kier molecular flexibility index (Phi) is 6.66. The Bertz CT molecular complexity index is 672. The molecule has 3 rings (SSSR count). The standard InChI is InChI=1S/C21H29N2O2P/c1-18(2)21(17-23-13-15-25-16-14-23)22-26(24,19-9-5-3-6-10-19)20-11-7-4-8-12-20/h3-12,18,21H,13-17H2,1-2H3,(H,22,24)/t21-/m1/s1. The maximum atomic E-state index is 14.2. The third kappa shape index (κ3) is 4.63. The first-order valence-electron chi connectivity index (χ1n) is 9.39. The summed E-state index contributed by atoms with van der Waals surface area (Å²) in [5.41, 5.74) is 0. The van der Waals surface area contributed by atoms with Gasteiger partial charge in [0.1, 0.15) is 0 Å². The lowest BCUT2D eigenvalue weighted by Gasteiger charge is -2.35. The van der Waals surface area contributed by atoms with E-state index in [9.17, 15) is 4.57 Å². The molecule has 2 aromatic carbocycles.